The van der Waals surface area contributed by atoms with Crippen LogP contribution in [0.25, 0.3) is 22.2 Å². The number of benzene rings is 1. The van der Waals surface area contributed by atoms with Crippen LogP contribution >= 0.6 is 0 Å². The SMILES string of the molecule is CC.Cc1c(F)c(N)cc(-c2nc3c4c(nc(N5CCC56CCC6O)nc4c2F)NCCNCCC(C)O3)c1C(F)(F)F. The second-order valence-electron chi connectivity index (χ2n) is 11.0. The molecule has 1 aliphatic carbocycles. The Hall–Kier alpha value is -3.52. The summed E-state index contributed by atoms with van der Waals surface area (Å²) in [7, 11) is 0. The first-order chi connectivity index (χ1) is 20.4. The molecule has 1 saturated carbocycles. The van der Waals surface area contributed by atoms with E-state index in [1.807, 2.05) is 18.7 Å². The molecular weight excluding hydrogens is 573 g/mol. The third-order valence-electron chi connectivity index (χ3n) is 8.46. The molecule has 0 amide bonds. The summed E-state index contributed by atoms with van der Waals surface area (Å²) < 4.78 is 79.9. The maximum absolute atomic E-state index is 16.5. The van der Waals surface area contributed by atoms with Gasteiger partial charge in [0.25, 0.3) is 0 Å². The highest BCUT2D eigenvalue weighted by Crippen LogP contribution is 2.50. The van der Waals surface area contributed by atoms with Gasteiger partial charge in [0.2, 0.25) is 11.8 Å². The van der Waals surface area contributed by atoms with Gasteiger partial charge in [0.05, 0.1) is 29.0 Å². The van der Waals surface area contributed by atoms with Crippen LogP contribution in [0.1, 0.15) is 57.6 Å². The van der Waals surface area contributed by atoms with Crippen LogP contribution in [0.3, 0.4) is 0 Å². The summed E-state index contributed by atoms with van der Waals surface area (Å²) in [5, 5.41) is 17.0. The van der Waals surface area contributed by atoms with E-state index in [9.17, 15) is 22.7 Å². The number of aliphatic hydroxyl groups is 1. The Morgan fingerprint density at radius 2 is 1.81 bits per heavy atom. The zero-order valence-electron chi connectivity index (χ0n) is 24.5. The topological polar surface area (TPSA) is 121 Å². The molecular formula is C29H36F5N7O2. The molecule has 3 unspecified atom stereocenters. The van der Waals surface area contributed by atoms with Crippen LogP contribution < -0.4 is 26.0 Å². The number of hydrogen-bond acceptors (Lipinski definition) is 9. The molecule has 14 heteroatoms. The van der Waals surface area contributed by atoms with Gasteiger partial charge >= 0.3 is 6.18 Å². The predicted octanol–water partition coefficient (Wildman–Crippen LogP) is 5.18. The maximum Gasteiger partial charge on any atom is 0.417 e. The Kier molecular flexibility index (Phi) is 8.29. The Bertz CT molecular complexity index is 1530. The first-order valence-corrected chi connectivity index (χ1v) is 14.6. The number of halogens is 5. The van der Waals surface area contributed by atoms with Crippen molar-refractivity contribution in [2.24, 2.45) is 0 Å². The van der Waals surface area contributed by atoms with Crippen LogP contribution in [-0.4, -0.2) is 64.0 Å². The van der Waals surface area contributed by atoms with Gasteiger partial charge in [0, 0.05) is 25.2 Å². The van der Waals surface area contributed by atoms with E-state index in [0.29, 0.717) is 51.9 Å². The summed E-state index contributed by atoms with van der Waals surface area (Å²) in [6.07, 6.45) is -3.51. The molecule has 5 N–H and O–H groups in total. The van der Waals surface area contributed by atoms with Crippen molar-refractivity contribution in [3.63, 3.8) is 0 Å². The van der Waals surface area contributed by atoms with E-state index < -0.39 is 63.6 Å². The highest BCUT2D eigenvalue weighted by molar-refractivity contribution is 5.97. The number of aromatic nitrogens is 3. The Labute approximate surface area is 246 Å². The largest absolute Gasteiger partial charge is 0.474 e. The molecule has 1 aromatic carbocycles. The number of nitrogens with two attached hydrogens (primary N) is 1. The molecule has 1 saturated heterocycles. The van der Waals surface area contributed by atoms with Crippen molar-refractivity contribution < 1.29 is 31.8 Å². The van der Waals surface area contributed by atoms with Crippen LogP contribution in [0.5, 0.6) is 5.88 Å². The van der Waals surface area contributed by atoms with Gasteiger partial charge in [-0.25, -0.2) is 18.7 Å². The van der Waals surface area contributed by atoms with E-state index in [-0.39, 0.29) is 28.5 Å². The number of rotatable bonds is 2. The maximum atomic E-state index is 16.5. The van der Waals surface area contributed by atoms with E-state index in [1.165, 1.54) is 0 Å². The van der Waals surface area contributed by atoms with Crippen LogP contribution in [0, 0.1) is 18.6 Å². The number of nitrogens with one attached hydrogen (secondary N) is 2. The fraction of sp³-hybridized carbons (Fsp3) is 0.552. The molecule has 0 bridgehead atoms. The first kappa shape index (κ1) is 30.9. The third kappa shape index (κ3) is 5.17. The molecule has 9 nitrogen and oxygen atoms in total. The fourth-order valence-corrected chi connectivity index (χ4v) is 5.98. The van der Waals surface area contributed by atoms with Crippen molar-refractivity contribution in [1.82, 2.24) is 20.3 Å². The Morgan fingerprint density at radius 3 is 2.42 bits per heavy atom. The molecule has 2 fully saturated rings. The number of alkyl halides is 3. The number of nitrogen functional groups attached to an aromatic ring is 1. The van der Waals surface area contributed by atoms with Gasteiger partial charge in [0.15, 0.2) is 5.82 Å². The Balaban J connectivity index is 0.00000180. The minimum absolute atomic E-state index is 0.0767. The molecule has 234 valence electrons. The molecule has 3 atom stereocenters. The molecule has 1 spiro atoms. The van der Waals surface area contributed by atoms with Crippen molar-refractivity contribution in [2.75, 3.05) is 42.1 Å². The average molecular weight is 610 g/mol. The molecule has 3 aromatic rings. The number of anilines is 3. The number of ether oxygens (including phenoxy) is 1. The lowest BCUT2D eigenvalue weighted by atomic mass is 9.65. The molecule has 2 aliphatic heterocycles. The van der Waals surface area contributed by atoms with Gasteiger partial charge < -0.3 is 31.1 Å². The lowest BCUT2D eigenvalue weighted by Crippen LogP contribution is -2.72. The Morgan fingerprint density at radius 1 is 1.07 bits per heavy atom. The van der Waals surface area contributed by atoms with Gasteiger partial charge in [-0.3, -0.25) is 0 Å². The standard InChI is InChI=1S/C27H30F5N7O2.C2H6/c1-12-4-7-34-8-9-35-23-17-22(37-25(38-23)39-10-6-26(39)5-3-16(26)40)20(29)21(36-24(17)41-12)14-11-15(33)19(28)13(2)18(14)27(30,31)32;1-2/h11-12,16,34,40H,3-10,33H2,1-2H3,(H,35,37,38);1-2H3. The van der Waals surface area contributed by atoms with Crippen LogP contribution in [0.15, 0.2) is 6.07 Å². The highest BCUT2D eigenvalue weighted by atomic mass is 19.4. The van der Waals surface area contributed by atoms with Crippen molar-refractivity contribution in [2.45, 2.75) is 77.3 Å². The first-order valence-electron chi connectivity index (χ1n) is 14.6. The van der Waals surface area contributed by atoms with Gasteiger partial charge in [-0.05, 0) is 57.7 Å². The van der Waals surface area contributed by atoms with E-state index >= 15 is 4.39 Å². The van der Waals surface area contributed by atoms with Gasteiger partial charge in [-0.1, -0.05) is 13.8 Å². The monoisotopic (exact) mass is 609 g/mol. The van der Waals surface area contributed by atoms with E-state index in [1.54, 1.807) is 6.92 Å². The predicted molar refractivity (Wildman–Crippen MR) is 154 cm³/mol. The quantitative estimate of drug-likeness (QED) is 0.230. The van der Waals surface area contributed by atoms with Crippen LogP contribution in [-0.2, 0) is 6.18 Å². The zero-order chi connectivity index (χ0) is 31.3. The van der Waals surface area contributed by atoms with E-state index in [2.05, 4.69) is 25.6 Å². The lowest BCUT2D eigenvalue weighted by Gasteiger charge is -2.61. The summed E-state index contributed by atoms with van der Waals surface area (Å²) in [6, 6.07) is 0.740. The minimum Gasteiger partial charge on any atom is -0.474 e. The molecule has 6 rings (SSSR count). The number of pyridine rings is 1. The average Bonchev–Trinajstić information content (AvgIpc) is 2.96. The number of nitrogens with zero attached hydrogens (tertiary/aromatic N) is 4. The van der Waals surface area contributed by atoms with Gasteiger partial charge in [-0.15, -0.1) is 0 Å². The van der Waals surface area contributed by atoms with Crippen molar-refractivity contribution in [3.8, 4) is 17.1 Å². The van der Waals surface area contributed by atoms with Crippen molar-refractivity contribution in [1.29, 1.82) is 0 Å². The fourth-order valence-electron chi connectivity index (χ4n) is 5.98. The summed E-state index contributed by atoms with van der Waals surface area (Å²) in [4.78, 5) is 15.2. The molecule has 2 aromatic heterocycles. The van der Waals surface area contributed by atoms with Gasteiger partial charge in [-0.2, -0.15) is 18.2 Å². The normalized spacial score (nSPS) is 23.7. The lowest BCUT2D eigenvalue weighted by molar-refractivity contribution is -0.137. The summed E-state index contributed by atoms with van der Waals surface area (Å²) >= 11 is 0. The smallest absolute Gasteiger partial charge is 0.417 e. The molecule has 43 heavy (non-hydrogen) atoms. The molecule has 4 heterocycles. The van der Waals surface area contributed by atoms with Crippen molar-refractivity contribution >= 4 is 28.4 Å². The second kappa shape index (κ2) is 11.5. The van der Waals surface area contributed by atoms with Crippen LogP contribution in [0.2, 0.25) is 0 Å². The zero-order valence-corrected chi connectivity index (χ0v) is 24.5. The van der Waals surface area contributed by atoms with Gasteiger partial charge in [0.1, 0.15) is 28.2 Å². The summed E-state index contributed by atoms with van der Waals surface area (Å²) in [6.45, 7) is 8.79. The van der Waals surface area contributed by atoms with E-state index in [4.69, 9.17) is 10.5 Å². The summed E-state index contributed by atoms with van der Waals surface area (Å²) in [5.41, 5.74) is 0.693. The minimum atomic E-state index is -5.04. The number of aliphatic hydroxyl groups excluding tert-OH is 1. The van der Waals surface area contributed by atoms with Crippen molar-refractivity contribution in [3.05, 3.63) is 28.8 Å². The highest BCUT2D eigenvalue weighted by Gasteiger charge is 2.57. The summed E-state index contributed by atoms with van der Waals surface area (Å²) in [5.74, 6) is -2.21. The number of hydrogen-bond donors (Lipinski definition) is 4. The molecule has 3 aliphatic rings. The third-order valence-corrected chi connectivity index (χ3v) is 8.46. The molecule has 0 radical (unpaired) electrons. The van der Waals surface area contributed by atoms with Crippen LogP contribution in [0.4, 0.5) is 39.4 Å². The second-order valence-corrected chi connectivity index (χ2v) is 11.0. The van der Waals surface area contributed by atoms with E-state index in [0.717, 1.165) is 13.0 Å².